The lowest BCUT2D eigenvalue weighted by atomic mass is 10.1. The molecule has 0 spiro atoms. The van der Waals surface area contributed by atoms with E-state index in [1.54, 1.807) is 12.1 Å². The van der Waals surface area contributed by atoms with E-state index >= 15 is 0 Å². The van der Waals surface area contributed by atoms with Crippen LogP contribution in [-0.2, 0) is 6.54 Å². The highest BCUT2D eigenvalue weighted by Crippen LogP contribution is 2.32. The number of aliphatic hydroxyl groups is 1. The van der Waals surface area contributed by atoms with Crippen molar-refractivity contribution in [2.45, 2.75) is 19.6 Å². The standard InChI is InChI=1S/C18H18N4O3/c1-12-2-4-13(5-3-12)18-19-21-22(20-18)11-15(23)14-6-7-16-17(10-14)25-9-8-24-16/h2-7,10,15,23H,8-9,11H2,1H3. The summed E-state index contributed by atoms with van der Waals surface area (Å²) < 4.78 is 11.0. The second-order valence-electron chi connectivity index (χ2n) is 5.95. The quantitative estimate of drug-likeness (QED) is 0.785. The van der Waals surface area contributed by atoms with Gasteiger partial charge in [-0.05, 0) is 29.8 Å². The van der Waals surface area contributed by atoms with Crippen LogP contribution >= 0.6 is 0 Å². The molecule has 1 unspecified atom stereocenters. The van der Waals surface area contributed by atoms with Crippen molar-refractivity contribution < 1.29 is 14.6 Å². The van der Waals surface area contributed by atoms with E-state index in [-0.39, 0.29) is 6.54 Å². The van der Waals surface area contributed by atoms with Gasteiger partial charge in [0.2, 0.25) is 5.82 Å². The fraction of sp³-hybridized carbons (Fsp3) is 0.278. The van der Waals surface area contributed by atoms with Crippen molar-refractivity contribution in [1.82, 2.24) is 20.2 Å². The summed E-state index contributed by atoms with van der Waals surface area (Å²) in [6.07, 6.45) is -0.768. The number of aryl methyl sites for hydroxylation is 1. The van der Waals surface area contributed by atoms with E-state index in [9.17, 15) is 5.11 Å². The summed E-state index contributed by atoms with van der Waals surface area (Å²) in [5, 5.41) is 22.9. The highest BCUT2D eigenvalue weighted by Gasteiger charge is 2.17. The van der Waals surface area contributed by atoms with Gasteiger partial charge in [0.1, 0.15) is 19.3 Å². The summed E-state index contributed by atoms with van der Waals surface area (Å²) in [4.78, 5) is 1.40. The molecular weight excluding hydrogens is 320 g/mol. The summed E-state index contributed by atoms with van der Waals surface area (Å²) in [5.41, 5.74) is 2.79. The van der Waals surface area contributed by atoms with Crippen LogP contribution in [0.1, 0.15) is 17.2 Å². The molecule has 0 amide bonds. The first-order chi connectivity index (χ1) is 12.2. The molecule has 128 valence electrons. The molecule has 1 aliphatic heterocycles. The van der Waals surface area contributed by atoms with Gasteiger partial charge in [0, 0.05) is 5.56 Å². The molecule has 3 aromatic rings. The van der Waals surface area contributed by atoms with Crippen molar-refractivity contribution in [2.24, 2.45) is 0 Å². The zero-order chi connectivity index (χ0) is 17.2. The molecule has 0 aliphatic carbocycles. The number of fused-ring (bicyclic) bond motifs is 1. The number of aliphatic hydroxyl groups excluding tert-OH is 1. The van der Waals surface area contributed by atoms with Gasteiger partial charge in [-0.15, -0.1) is 10.2 Å². The van der Waals surface area contributed by atoms with Crippen LogP contribution in [0.2, 0.25) is 0 Å². The number of hydrogen-bond acceptors (Lipinski definition) is 6. The number of ether oxygens (including phenoxy) is 2. The molecule has 2 aromatic carbocycles. The topological polar surface area (TPSA) is 82.3 Å². The van der Waals surface area contributed by atoms with Gasteiger partial charge in [-0.25, -0.2) is 0 Å². The zero-order valence-corrected chi connectivity index (χ0v) is 13.8. The predicted molar refractivity (Wildman–Crippen MR) is 90.4 cm³/mol. The maximum absolute atomic E-state index is 10.5. The Hall–Kier alpha value is -2.93. The molecule has 2 heterocycles. The highest BCUT2D eigenvalue weighted by molar-refractivity contribution is 5.54. The maximum Gasteiger partial charge on any atom is 0.204 e. The van der Waals surface area contributed by atoms with Crippen LogP contribution in [0.4, 0.5) is 0 Å². The van der Waals surface area contributed by atoms with E-state index in [0.717, 1.165) is 11.1 Å². The summed E-state index contributed by atoms with van der Waals surface area (Å²) in [6, 6.07) is 13.3. The minimum absolute atomic E-state index is 0.207. The fourth-order valence-corrected chi connectivity index (χ4v) is 2.67. The molecule has 7 nitrogen and oxygen atoms in total. The summed E-state index contributed by atoms with van der Waals surface area (Å²) in [6.45, 7) is 3.28. The van der Waals surface area contributed by atoms with Crippen LogP contribution in [0.5, 0.6) is 11.5 Å². The number of aromatic nitrogens is 4. The number of tetrazole rings is 1. The second kappa shape index (κ2) is 6.52. The highest BCUT2D eigenvalue weighted by atomic mass is 16.6. The Morgan fingerprint density at radius 3 is 2.64 bits per heavy atom. The van der Waals surface area contributed by atoms with E-state index in [2.05, 4.69) is 15.4 Å². The minimum Gasteiger partial charge on any atom is -0.486 e. The van der Waals surface area contributed by atoms with Crippen molar-refractivity contribution >= 4 is 0 Å². The predicted octanol–water partition coefficient (Wildman–Crippen LogP) is 2.15. The first-order valence-corrected chi connectivity index (χ1v) is 8.11. The smallest absolute Gasteiger partial charge is 0.204 e. The molecular formula is C18H18N4O3. The van der Waals surface area contributed by atoms with E-state index < -0.39 is 6.10 Å². The Bertz CT molecular complexity index is 876. The monoisotopic (exact) mass is 338 g/mol. The van der Waals surface area contributed by atoms with Crippen LogP contribution in [0, 0.1) is 6.92 Å². The van der Waals surface area contributed by atoms with E-state index in [1.807, 2.05) is 37.3 Å². The Morgan fingerprint density at radius 2 is 1.84 bits per heavy atom. The van der Waals surface area contributed by atoms with Gasteiger partial charge < -0.3 is 14.6 Å². The Balaban J connectivity index is 1.49. The number of rotatable bonds is 4. The van der Waals surface area contributed by atoms with Crippen LogP contribution in [0.25, 0.3) is 11.4 Å². The van der Waals surface area contributed by atoms with Crippen LogP contribution < -0.4 is 9.47 Å². The van der Waals surface area contributed by atoms with Crippen molar-refractivity contribution in [2.75, 3.05) is 13.2 Å². The van der Waals surface area contributed by atoms with Gasteiger partial charge in [-0.1, -0.05) is 35.9 Å². The van der Waals surface area contributed by atoms with Gasteiger partial charge in [-0.2, -0.15) is 4.80 Å². The van der Waals surface area contributed by atoms with Gasteiger partial charge in [-0.3, -0.25) is 0 Å². The van der Waals surface area contributed by atoms with Crippen LogP contribution in [0.3, 0.4) is 0 Å². The minimum atomic E-state index is -0.768. The first kappa shape index (κ1) is 15.6. The van der Waals surface area contributed by atoms with Crippen molar-refractivity contribution in [3.8, 4) is 22.9 Å². The number of nitrogens with zero attached hydrogens (tertiary/aromatic N) is 4. The number of benzene rings is 2. The third-order valence-electron chi connectivity index (χ3n) is 4.05. The summed E-state index contributed by atoms with van der Waals surface area (Å²) >= 11 is 0. The molecule has 1 atom stereocenters. The molecule has 1 aromatic heterocycles. The van der Waals surface area contributed by atoms with Crippen molar-refractivity contribution in [3.63, 3.8) is 0 Å². The first-order valence-electron chi connectivity index (χ1n) is 8.11. The third-order valence-corrected chi connectivity index (χ3v) is 4.05. The molecule has 0 fully saturated rings. The normalized spacial score (nSPS) is 14.3. The molecule has 0 bridgehead atoms. The molecule has 7 heteroatoms. The van der Waals surface area contributed by atoms with Gasteiger partial charge >= 0.3 is 0 Å². The Labute approximate surface area is 144 Å². The largest absolute Gasteiger partial charge is 0.486 e. The fourth-order valence-electron chi connectivity index (χ4n) is 2.67. The zero-order valence-electron chi connectivity index (χ0n) is 13.8. The average Bonchev–Trinajstić information content (AvgIpc) is 3.10. The Kier molecular flexibility index (Phi) is 4.07. The van der Waals surface area contributed by atoms with Gasteiger partial charge in [0.25, 0.3) is 0 Å². The van der Waals surface area contributed by atoms with Gasteiger partial charge in [0.15, 0.2) is 11.5 Å². The summed E-state index contributed by atoms with van der Waals surface area (Å²) in [7, 11) is 0. The maximum atomic E-state index is 10.5. The molecule has 0 saturated heterocycles. The van der Waals surface area contributed by atoms with E-state index in [4.69, 9.17) is 9.47 Å². The molecule has 25 heavy (non-hydrogen) atoms. The van der Waals surface area contributed by atoms with Crippen molar-refractivity contribution in [1.29, 1.82) is 0 Å². The van der Waals surface area contributed by atoms with Crippen LogP contribution in [-0.4, -0.2) is 38.5 Å². The molecule has 1 aliphatic rings. The lowest BCUT2D eigenvalue weighted by molar-refractivity contribution is 0.141. The van der Waals surface area contributed by atoms with E-state index in [0.29, 0.717) is 30.5 Å². The third kappa shape index (κ3) is 3.32. The lowest BCUT2D eigenvalue weighted by Gasteiger charge is -2.20. The average molecular weight is 338 g/mol. The molecule has 0 radical (unpaired) electrons. The van der Waals surface area contributed by atoms with Gasteiger partial charge in [0.05, 0.1) is 6.54 Å². The van der Waals surface area contributed by atoms with Crippen molar-refractivity contribution in [3.05, 3.63) is 53.6 Å². The summed E-state index contributed by atoms with van der Waals surface area (Å²) in [5.74, 6) is 1.88. The second-order valence-corrected chi connectivity index (χ2v) is 5.95. The molecule has 0 saturated carbocycles. The number of hydrogen-bond donors (Lipinski definition) is 1. The van der Waals surface area contributed by atoms with Crippen LogP contribution in [0.15, 0.2) is 42.5 Å². The SMILES string of the molecule is Cc1ccc(-c2nnn(CC(O)c3ccc4c(c3)OCCO4)n2)cc1. The lowest BCUT2D eigenvalue weighted by Crippen LogP contribution is -2.16. The van der Waals surface area contributed by atoms with E-state index in [1.165, 1.54) is 10.4 Å². The Morgan fingerprint density at radius 1 is 1.08 bits per heavy atom. The molecule has 4 rings (SSSR count). The molecule has 1 N–H and O–H groups in total.